The summed E-state index contributed by atoms with van der Waals surface area (Å²) < 4.78 is 20.3. The highest BCUT2D eigenvalue weighted by Crippen LogP contribution is 2.42. The van der Waals surface area contributed by atoms with Gasteiger partial charge in [-0.3, -0.25) is 4.79 Å². The van der Waals surface area contributed by atoms with Crippen molar-refractivity contribution in [1.82, 2.24) is 5.32 Å². The van der Waals surface area contributed by atoms with Crippen molar-refractivity contribution in [3.63, 3.8) is 0 Å². The summed E-state index contributed by atoms with van der Waals surface area (Å²) in [6.45, 7) is 0. The molecule has 4 nitrogen and oxygen atoms in total. The van der Waals surface area contributed by atoms with Crippen LogP contribution in [0, 0.1) is 5.82 Å². The third kappa shape index (κ3) is 3.09. The summed E-state index contributed by atoms with van der Waals surface area (Å²) in [5, 5.41) is 7.58. The van der Waals surface area contributed by atoms with Crippen LogP contribution in [0.25, 0.3) is 11.0 Å². The SMILES string of the molecule is O=C1NC(c2cc(F)ccc2Cl)c2c(Nc3coc4ccccc34)cc(Br)cc21. The van der Waals surface area contributed by atoms with Crippen LogP contribution in [0.5, 0.6) is 0 Å². The predicted molar refractivity (Wildman–Crippen MR) is 114 cm³/mol. The lowest BCUT2D eigenvalue weighted by Gasteiger charge is -2.18. The van der Waals surface area contributed by atoms with E-state index in [1.807, 2.05) is 30.3 Å². The fraction of sp³-hybridized carbons (Fsp3) is 0.0455. The third-order valence-corrected chi connectivity index (χ3v) is 5.77. The van der Waals surface area contributed by atoms with E-state index in [0.29, 0.717) is 27.4 Å². The summed E-state index contributed by atoms with van der Waals surface area (Å²) in [5.41, 5.74) is 3.92. The summed E-state index contributed by atoms with van der Waals surface area (Å²) >= 11 is 9.80. The summed E-state index contributed by atoms with van der Waals surface area (Å²) in [7, 11) is 0. The molecule has 144 valence electrons. The molecule has 0 bridgehead atoms. The van der Waals surface area contributed by atoms with Crippen LogP contribution in [0.2, 0.25) is 5.02 Å². The van der Waals surface area contributed by atoms with Crippen molar-refractivity contribution in [2.75, 3.05) is 5.32 Å². The molecule has 4 aromatic rings. The standard InChI is InChI=1S/C22H13BrClFN2O2/c23-11-7-15-20(21(27-22(15)28)14-9-12(25)5-6-16(14)24)17(8-11)26-18-10-29-19-4-2-1-3-13(18)19/h1-10,21,26H,(H,27,28). The number of para-hydroxylation sites is 1. The number of furan rings is 1. The number of hydrogen-bond donors (Lipinski definition) is 2. The van der Waals surface area contributed by atoms with Crippen LogP contribution < -0.4 is 10.6 Å². The van der Waals surface area contributed by atoms with Crippen LogP contribution in [-0.2, 0) is 0 Å². The normalized spacial score (nSPS) is 15.4. The molecule has 29 heavy (non-hydrogen) atoms. The number of nitrogens with one attached hydrogen (secondary N) is 2. The molecule has 5 rings (SSSR count). The molecule has 1 amide bonds. The zero-order chi connectivity index (χ0) is 20.1. The first-order valence-electron chi connectivity index (χ1n) is 8.84. The molecule has 2 heterocycles. The summed E-state index contributed by atoms with van der Waals surface area (Å²) in [5.74, 6) is -0.661. The van der Waals surface area contributed by atoms with Crippen LogP contribution >= 0.6 is 27.5 Å². The second kappa shape index (κ2) is 6.90. The Hall–Kier alpha value is -2.83. The number of hydrogen-bond acceptors (Lipinski definition) is 3. The van der Waals surface area contributed by atoms with Crippen LogP contribution in [0.4, 0.5) is 15.8 Å². The highest BCUT2D eigenvalue weighted by atomic mass is 79.9. The van der Waals surface area contributed by atoms with E-state index in [2.05, 4.69) is 26.6 Å². The Balaban J connectivity index is 1.67. The van der Waals surface area contributed by atoms with E-state index in [-0.39, 0.29) is 5.91 Å². The predicted octanol–water partition coefficient (Wildman–Crippen LogP) is 6.56. The van der Waals surface area contributed by atoms with Crippen LogP contribution in [0.3, 0.4) is 0 Å². The maximum absolute atomic E-state index is 13.9. The van der Waals surface area contributed by atoms with Gasteiger partial charge in [0.2, 0.25) is 0 Å². The fourth-order valence-corrected chi connectivity index (χ4v) is 4.37. The number of carbonyl (C=O) groups is 1. The Morgan fingerprint density at radius 2 is 1.93 bits per heavy atom. The summed E-state index contributed by atoms with van der Waals surface area (Å²) in [6, 6.07) is 14.8. The second-order valence-electron chi connectivity index (χ2n) is 6.76. The third-order valence-electron chi connectivity index (χ3n) is 4.97. The number of halogens is 3. The minimum absolute atomic E-state index is 0.244. The number of rotatable bonds is 3. The summed E-state index contributed by atoms with van der Waals surface area (Å²) in [4.78, 5) is 12.6. The Morgan fingerprint density at radius 3 is 2.79 bits per heavy atom. The molecule has 1 aliphatic rings. The number of amides is 1. The molecular weight excluding hydrogens is 459 g/mol. The molecule has 3 aromatic carbocycles. The van der Waals surface area contributed by atoms with Crippen LogP contribution in [-0.4, -0.2) is 5.91 Å². The minimum atomic E-state index is -0.575. The molecule has 7 heteroatoms. The molecule has 0 saturated heterocycles. The molecule has 2 N–H and O–H groups in total. The van der Waals surface area contributed by atoms with Crippen molar-refractivity contribution in [2.24, 2.45) is 0 Å². The van der Waals surface area contributed by atoms with E-state index in [4.69, 9.17) is 16.0 Å². The molecule has 1 aliphatic heterocycles. The van der Waals surface area contributed by atoms with Crippen molar-refractivity contribution in [1.29, 1.82) is 0 Å². The second-order valence-corrected chi connectivity index (χ2v) is 8.08. The zero-order valence-electron chi connectivity index (χ0n) is 14.8. The van der Waals surface area contributed by atoms with Gasteiger partial charge in [0.25, 0.3) is 5.91 Å². The van der Waals surface area contributed by atoms with Crippen molar-refractivity contribution < 1.29 is 13.6 Å². The van der Waals surface area contributed by atoms with E-state index < -0.39 is 11.9 Å². The Labute approximate surface area is 178 Å². The molecule has 0 fully saturated rings. The zero-order valence-corrected chi connectivity index (χ0v) is 17.1. The van der Waals surface area contributed by atoms with Gasteiger partial charge in [-0.05, 0) is 42.5 Å². The lowest BCUT2D eigenvalue weighted by Crippen LogP contribution is -2.20. The van der Waals surface area contributed by atoms with Gasteiger partial charge < -0.3 is 15.1 Å². The largest absolute Gasteiger partial charge is 0.462 e. The monoisotopic (exact) mass is 470 g/mol. The smallest absolute Gasteiger partial charge is 0.252 e. The summed E-state index contributed by atoms with van der Waals surface area (Å²) in [6.07, 6.45) is 1.63. The number of anilines is 2. The van der Waals surface area contributed by atoms with Gasteiger partial charge in [0, 0.05) is 37.3 Å². The van der Waals surface area contributed by atoms with Crippen molar-refractivity contribution >= 4 is 55.8 Å². The van der Waals surface area contributed by atoms with Gasteiger partial charge in [0.05, 0.1) is 11.7 Å². The van der Waals surface area contributed by atoms with Crippen LogP contribution in [0.1, 0.15) is 27.5 Å². The Bertz CT molecular complexity index is 1290. The van der Waals surface area contributed by atoms with E-state index in [0.717, 1.165) is 21.1 Å². The lowest BCUT2D eigenvalue weighted by molar-refractivity contribution is 0.0960. The minimum Gasteiger partial charge on any atom is -0.462 e. The Morgan fingerprint density at radius 1 is 1.10 bits per heavy atom. The number of fused-ring (bicyclic) bond motifs is 2. The maximum Gasteiger partial charge on any atom is 0.252 e. The maximum atomic E-state index is 13.9. The molecule has 1 atom stereocenters. The van der Waals surface area contributed by atoms with Gasteiger partial charge in [-0.1, -0.05) is 39.7 Å². The molecular formula is C22H13BrClFN2O2. The molecule has 1 unspecified atom stereocenters. The van der Waals surface area contributed by atoms with Gasteiger partial charge in [0.1, 0.15) is 17.7 Å². The first-order valence-corrected chi connectivity index (χ1v) is 10.0. The van der Waals surface area contributed by atoms with E-state index in [9.17, 15) is 9.18 Å². The van der Waals surface area contributed by atoms with Crippen LogP contribution in [0.15, 0.2) is 69.8 Å². The quantitative estimate of drug-likeness (QED) is 0.355. The van der Waals surface area contributed by atoms with Gasteiger partial charge in [-0.15, -0.1) is 0 Å². The van der Waals surface area contributed by atoms with Gasteiger partial charge >= 0.3 is 0 Å². The lowest BCUT2D eigenvalue weighted by atomic mass is 9.96. The highest BCUT2D eigenvalue weighted by molar-refractivity contribution is 9.10. The molecule has 1 aromatic heterocycles. The van der Waals surface area contributed by atoms with Crippen molar-refractivity contribution in [2.45, 2.75) is 6.04 Å². The first-order chi connectivity index (χ1) is 14.0. The first kappa shape index (κ1) is 18.2. The number of benzene rings is 3. The topological polar surface area (TPSA) is 54.3 Å². The van der Waals surface area contributed by atoms with Gasteiger partial charge in [-0.2, -0.15) is 0 Å². The van der Waals surface area contributed by atoms with Gasteiger partial charge in [0.15, 0.2) is 0 Å². The molecule has 0 radical (unpaired) electrons. The molecule has 0 spiro atoms. The van der Waals surface area contributed by atoms with E-state index in [1.165, 1.54) is 18.2 Å². The average Bonchev–Trinajstić information content (AvgIpc) is 3.25. The Kier molecular flexibility index (Phi) is 4.33. The van der Waals surface area contributed by atoms with Gasteiger partial charge in [-0.25, -0.2) is 4.39 Å². The number of carbonyl (C=O) groups excluding carboxylic acids is 1. The molecule has 0 saturated carbocycles. The van der Waals surface area contributed by atoms with E-state index >= 15 is 0 Å². The van der Waals surface area contributed by atoms with E-state index in [1.54, 1.807) is 12.3 Å². The highest BCUT2D eigenvalue weighted by Gasteiger charge is 2.34. The van der Waals surface area contributed by atoms with Crippen molar-refractivity contribution in [3.8, 4) is 0 Å². The average molecular weight is 472 g/mol. The molecule has 0 aliphatic carbocycles. The fourth-order valence-electron chi connectivity index (χ4n) is 3.69. The van der Waals surface area contributed by atoms with Crippen molar-refractivity contribution in [3.05, 3.63) is 92.9 Å².